The summed E-state index contributed by atoms with van der Waals surface area (Å²) in [6.45, 7) is 5.27. The normalized spacial score (nSPS) is 17.1. The monoisotopic (exact) mass is 443 g/mol. The van der Waals surface area contributed by atoms with Crippen LogP contribution in [-0.2, 0) is 22.6 Å². The van der Waals surface area contributed by atoms with Crippen molar-refractivity contribution in [2.24, 2.45) is 0 Å². The van der Waals surface area contributed by atoms with Crippen LogP contribution in [0.5, 0.6) is 0 Å². The number of aromatic amines is 1. The second-order valence-electron chi connectivity index (χ2n) is 8.69. The number of fused-ring (bicyclic) bond motifs is 2. The second-order valence-corrected chi connectivity index (χ2v) is 8.69. The Morgan fingerprint density at radius 3 is 2.67 bits per heavy atom. The molecule has 3 aromatic rings. The van der Waals surface area contributed by atoms with Crippen LogP contribution in [0, 0.1) is 13.8 Å². The molecule has 0 unspecified atom stereocenters. The van der Waals surface area contributed by atoms with Gasteiger partial charge in [0.2, 0.25) is 17.8 Å². The molecule has 8 nitrogen and oxygen atoms in total. The minimum Gasteiger partial charge on any atom is -0.338 e. The Morgan fingerprint density at radius 2 is 1.88 bits per heavy atom. The van der Waals surface area contributed by atoms with Gasteiger partial charge in [-0.3, -0.25) is 19.4 Å². The zero-order valence-electron chi connectivity index (χ0n) is 18.6. The molecule has 1 aromatic heterocycles. The van der Waals surface area contributed by atoms with E-state index in [0.29, 0.717) is 24.7 Å². The van der Waals surface area contributed by atoms with Crippen molar-refractivity contribution in [2.75, 3.05) is 22.1 Å². The molecule has 33 heavy (non-hydrogen) atoms. The summed E-state index contributed by atoms with van der Waals surface area (Å²) in [5.74, 6) is -1.10. The van der Waals surface area contributed by atoms with E-state index in [4.69, 9.17) is 0 Å². The van der Waals surface area contributed by atoms with E-state index in [1.807, 2.05) is 49.1 Å². The number of nitrogens with one attached hydrogen (secondary N) is 3. The van der Waals surface area contributed by atoms with Gasteiger partial charge in [-0.05, 0) is 54.7 Å². The number of anilines is 3. The first-order valence-corrected chi connectivity index (χ1v) is 11.0. The molecule has 0 aliphatic carbocycles. The third-order valence-corrected chi connectivity index (χ3v) is 6.46. The Labute approximate surface area is 191 Å². The van der Waals surface area contributed by atoms with Gasteiger partial charge in [-0.2, -0.15) is 4.98 Å². The highest BCUT2D eigenvalue weighted by Gasteiger charge is 2.35. The van der Waals surface area contributed by atoms with Crippen molar-refractivity contribution in [1.82, 2.24) is 9.97 Å². The molecular weight excluding hydrogens is 418 g/mol. The van der Waals surface area contributed by atoms with Gasteiger partial charge >= 0.3 is 0 Å². The molecule has 2 amide bonds. The lowest BCUT2D eigenvalue weighted by Crippen LogP contribution is -2.38. The zero-order valence-corrected chi connectivity index (χ0v) is 18.6. The second kappa shape index (κ2) is 8.20. The summed E-state index contributed by atoms with van der Waals surface area (Å²) >= 11 is 0. The molecule has 0 spiro atoms. The molecule has 168 valence electrons. The van der Waals surface area contributed by atoms with Crippen molar-refractivity contribution in [3.63, 3.8) is 0 Å². The number of carbonyl (C=O) groups excluding carboxylic acids is 2. The van der Waals surface area contributed by atoms with Gasteiger partial charge in [-0.25, -0.2) is 0 Å². The molecule has 0 saturated heterocycles. The van der Waals surface area contributed by atoms with Crippen molar-refractivity contribution in [3.8, 4) is 0 Å². The predicted molar refractivity (Wildman–Crippen MR) is 127 cm³/mol. The van der Waals surface area contributed by atoms with E-state index in [1.165, 1.54) is 11.1 Å². The molecule has 2 aromatic carbocycles. The molecule has 3 N–H and O–H groups in total. The summed E-state index contributed by atoms with van der Waals surface area (Å²) in [6, 6.07) is 13.8. The van der Waals surface area contributed by atoms with Crippen molar-refractivity contribution < 1.29 is 9.59 Å². The molecule has 2 aliphatic rings. The number of H-pyrrole nitrogens is 1. The van der Waals surface area contributed by atoms with Gasteiger partial charge in [-0.15, -0.1) is 0 Å². The summed E-state index contributed by atoms with van der Waals surface area (Å²) in [7, 11) is 0. The van der Waals surface area contributed by atoms with Crippen LogP contribution in [0.15, 0.2) is 47.3 Å². The van der Waals surface area contributed by atoms with E-state index in [2.05, 4.69) is 32.7 Å². The van der Waals surface area contributed by atoms with Crippen LogP contribution < -0.4 is 21.1 Å². The quantitative estimate of drug-likeness (QED) is 0.577. The Bertz CT molecular complexity index is 1330. The van der Waals surface area contributed by atoms with Crippen LogP contribution in [0.1, 0.15) is 40.2 Å². The van der Waals surface area contributed by atoms with E-state index >= 15 is 0 Å². The molecule has 0 fully saturated rings. The average molecular weight is 444 g/mol. The molecule has 2 aliphatic heterocycles. The van der Waals surface area contributed by atoms with Crippen LogP contribution in [0.3, 0.4) is 0 Å². The lowest BCUT2D eigenvalue weighted by atomic mass is 9.92. The first-order valence-electron chi connectivity index (χ1n) is 11.0. The first kappa shape index (κ1) is 20.9. The van der Waals surface area contributed by atoms with Crippen LogP contribution in [0.25, 0.3) is 0 Å². The van der Waals surface area contributed by atoms with Crippen LogP contribution >= 0.6 is 0 Å². The van der Waals surface area contributed by atoms with E-state index in [-0.39, 0.29) is 23.7 Å². The minimum absolute atomic E-state index is 0.106. The summed E-state index contributed by atoms with van der Waals surface area (Å²) in [5, 5.41) is 5.54. The van der Waals surface area contributed by atoms with E-state index in [1.54, 1.807) is 0 Å². The molecule has 0 bridgehead atoms. The summed E-state index contributed by atoms with van der Waals surface area (Å²) in [5.41, 5.74) is 5.03. The summed E-state index contributed by atoms with van der Waals surface area (Å²) < 4.78 is 0. The number of carbonyl (C=O) groups is 2. The van der Waals surface area contributed by atoms with Crippen molar-refractivity contribution in [3.05, 3.63) is 80.6 Å². The number of amides is 2. The third kappa shape index (κ3) is 4.00. The van der Waals surface area contributed by atoms with Gasteiger partial charge < -0.3 is 15.5 Å². The number of hydrogen-bond donors (Lipinski definition) is 3. The Kier molecular flexibility index (Phi) is 5.20. The van der Waals surface area contributed by atoms with Crippen molar-refractivity contribution in [1.29, 1.82) is 0 Å². The fourth-order valence-electron chi connectivity index (χ4n) is 4.46. The lowest BCUT2D eigenvalue weighted by Gasteiger charge is -2.30. The van der Waals surface area contributed by atoms with Crippen molar-refractivity contribution >= 4 is 29.3 Å². The number of nitrogens with zero attached hydrogens (tertiary/aromatic N) is 2. The van der Waals surface area contributed by atoms with Gasteiger partial charge in [0.05, 0.1) is 11.5 Å². The predicted octanol–water partition coefficient (Wildman–Crippen LogP) is 3.01. The first-order chi connectivity index (χ1) is 15.9. The number of aryl methyl sites for hydroxylation is 2. The van der Waals surface area contributed by atoms with Crippen LogP contribution in [0.4, 0.5) is 17.5 Å². The highest BCUT2D eigenvalue weighted by molar-refractivity contribution is 6.04. The van der Waals surface area contributed by atoms with Crippen LogP contribution in [-0.4, -0.2) is 28.3 Å². The molecule has 3 heterocycles. The Balaban J connectivity index is 1.44. The SMILES string of the molecule is Cc1ccc(NC(=O)[C@@H]2CC(=O)Nc3nc(N4CCc5ccccc5C4)[nH]c(=O)c32)cc1C. The van der Waals surface area contributed by atoms with Gasteiger partial charge in [0.25, 0.3) is 5.56 Å². The van der Waals surface area contributed by atoms with Gasteiger partial charge in [-0.1, -0.05) is 30.3 Å². The third-order valence-electron chi connectivity index (χ3n) is 6.46. The average Bonchev–Trinajstić information content (AvgIpc) is 2.80. The number of hydrogen-bond acceptors (Lipinski definition) is 5. The van der Waals surface area contributed by atoms with Crippen molar-refractivity contribution in [2.45, 2.75) is 39.2 Å². The van der Waals surface area contributed by atoms with Gasteiger partial charge in [0.1, 0.15) is 5.82 Å². The van der Waals surface area contributed by atoms with Crippen LogP contribution in [0.2, 0.25) is 0 Å². The lowest BCUT2D eigenvalue weighted by molar-refractivity contribution is -0.123. The highest BCUT2D eigenvalue weighted by Crippen LogP contribution is 2.31. The van der Waals surface area contributed by atoms with Gasteiger partial charge in [0, 0.05) is 25.2 Å². The maximum Gasteiger partial charge on any atom is 0.258 e. The summed E-state index contributed by atoms with van der Waals surface area (Å²) in [4.78, 5) is 47.9. The summed E-state index contributed by atoms with van der Waals surface area (Å²) in [6.07, 6.45) is 0.731. The fraction of sp³-hybridized carbons (Fsp3) is 0.280. The largest absolute Gasteiger partial charge is 0.338 e. The standard InChI is InChI=1S/C25H25N5O3/c1-14-7-8-18(11-15(14)2)26-23(32)19-12-20(31)27-22-21(19)24(33)29-25(28-22)30-10-9-16-5-3-4-6-17(16)13-30/h3-8,11,19H,9-10,12-13H2,1-2H3,(H,26,32)(H2,27,28,29,31,33)/t19-/m1/s1. The highest BCUT2D eigenvalue weighted by atomic mass is 16.2. The molecule has 8 heteroatoms. The smallest absolute Gasteiger partial charge is 0.258 e. The molecule has 0 radical (unpaired) electrons. The minimum atomic E-state index is -0.914. The maximum absolute atomic E-state index is 13.1. The number of rotatable bonds is 3. The van der Waals surface area contributed by atoms with E-state index in [0.717, 1.165) is 17.5 Å². The molecule has 0 saturated carbocycles. The van der Waals surface area contributed by atoms with E-state index in [9.17, 15) is 14.4 Å². The topological polar surface area (TPSA) is 107 Å². The van der Waals surface area contributed by atoms with E-state index < -0.39 is 17.4 Å². The fourth-order valence-corrected chi connectivity index (χ4v) is 4.46. The Hall–Kier alpha value is -3.94. The number of aromatic nitrogens is 2. The molecular formula is C25H25N5O3. The molecule has 1 atom stereocenters. The van der Waals surface area contributed by atoms with Gasteiger partial charge in [0.15, 0.2) is 0 Å². The molecule has 5 rings (SSSR count). The maximum atomic E-state index is 13.1. The number of benzene rings is 2. The Morgan fingerprint density at radius 1 is 1.09 bits per heavy atom. The zero-order chi connectivity index (χ0) is 23.1.